The molecule has 2 atom stereocenters. The lowest BCUT2D eigenvalue weighted by molar-refractivity contribution is 0.371. The van der Waals surface area contributed by atoms with Crippen LogP contribution in [0, 0.1) is 5.92 Å². The molecule has 3 heterocycles. The molecule has 0 amide bonds. The number of aromatic nitrogens is 1. The zero-order chi connectivity index (χ0) is 17.2. The third kappa shape index (κ3) is 5.53. The van der Waals surface area contributed by atoms with Crippen LogP contribution in [0.1, 0.15) is 37.3 Å². The topological polar surface area (TPSA) is 74.7 Å². The van der Waals surface area contributed by atoms with Crippen molar-refractivity contribution in [2.45, 2.75) is 45.7 Å². The highest BCUT2D eigenvalue weighted by Crippen LogP contribution is 2.22. The highest BCUT2D eigenvalue weighted by Gasteiger charge is 2.28. The normalized spacial score (nSPS) is 23.7. The molecule has 1 aromatic rings. The standard InChI is InChI=1S/C16H26N4O2S2.HI/c1-3-12(2)19-16(17-8-13-5-7-24(21,22)10-13)20-6-4-14-15(9-20)23-11-18-14;/h11-13H,3-10H2,1-2H3,(H,17,19);1H. The van der Waals surface area contributed by atoms with Gasteiger partial charge in [0.05, 0.1) is 29.3 Å². The molecule has 2 aliphatic heterocycles. The van der Waals surface area contributed by atoms with Crippen LogP contribution in [-0.4, -0.2) is 54.9 Å². The van der Waals surface area contributed by atoms with Gasteiger partial charge in [-0.2, -0.15) is 0 Å². The summed E-state index contributed by atoms with van der Waals surface area (Å²) in [5.41, 5.74) is 3.12. The number of rotatable bonds is 4. The summed E-state index contributed by atoms with van der Waals surface area (Å²) < 4.78 is 23.3. The molecule has 25 heavy (non-hydrogen) atoms. The Morgan fingerprint density at radius 1 is 1.56 bits per heavy atom. The number of hydrogen-bond donors (Lipinski definition) is 1. The molecule has 1 fully saturated rings. The van der Waals surface area contributed by atoms with E-state index in [1.807, 2.05) is 5.51 Å². The second-order valence-electron chi connectivity index (χ2n) is 6.78. The maximum atomic E-state index is 11.6. The van der Waals surface area contributed by atoms with Crippen LogP contribution in [0.5, 0.6) is 0 Å². The van der Waals surface area contributed by atoms with Crippen molar-refractivity contribution in [1.82, 2.24) is 15.2 Å². The molecule has 2 unspecified atom stereocenters. The number of guanidine groups is 1. The molecule has 1 saturated heterocycles. The fraction of sp³-hybridized carbons (Fsp3) is 0.750. The summed E-state index contributed by atoms with van der Waals surface area (Å²) in [6.45, 7) is 6.63. The number of aliphatic imine (C=N–C) groups is 1. The number of sulfone groups is 1. The summed E-state index contributed by atoms with van der Waals surface area (Å²) in [4.78, 5) is 12.8. The zero-order valence-electron chi connectivity index (χ0n) is 14.8. The Morgan fingerprint density at radius 2 is 2.36 bits per heavy atom. The van der Waals surface area contributed by atoms with E-state index in [4.69, 9.17) is 4.99 Å². The van der Waals surface area contributed by atoms with Crippen molar-refractivity contribution in [2.75, 3.05) is 24.6 Å². The second-order valence-corrected chi connectivity index (χ2v) is 9.95. The summed E-state index contributed by atoms with van der Waals surface area (Å²) in [6.07, 6.45) is 2.70. The van der Waals surface area contributed by atoms with Gasteiger partial charge in [-0.3, -0.25) is 4.99 Å². The Morgan fingerprint density at radius 3 is 3.04 bits per heavy atom. The van der Waals surface area contributed by atoms with Crippen molar-refractivity contribution in [3.8, 4) is 0 Å². The van der Waals surface area contributed by atoms with E-state index >= 15 is 0 Å². The molecular formula is C16H27IN4O2S2. The Kier molecular flexibility index (Phi) is 7.51. The molecule has 1 aromatic heterocycles. The monoisotopic (exact) mass is 498 g/mol. The van der Waals surface area contributed by atoms with E-state index in [0.29, 0.717) is 18.3 Å². The van der Waals surface area contributed by atoms with Crippen LogP contribution in [0.2, 0.25) is 0 Å². The zero-order valence-corrected chi connectivity index (χ0v) is 18.7. The SMILES string of the molecule is CCC(C)NC(=NCC1CCS(=O)(=O)C1)N1CCc2ncsc2C1.I. The minimum absolute atomic E-state index is 0. The maximum absolute atomic E-state index is 11.6. The van der Waals surface area contributed by atoms with Crippen molar-refractivity contribution in [3.63, 3.8) is 0 Å². The number of nitrogens with one attached hydrogen (secondary N) is 1. The number of nitrogens with zero attached hydrogens (tertiary/aromatic N) is 3. The Balaban J connectivity index is 0.00000225. The Labute approximate surface area is 171 Å². The lowest BCUT2D eigenvalue weighted by Gasteiger charge is -2.31. The van der Waals surface area contributed by atoms with Crippen molar-refractivity contribution < 1.29 is 8.42 Å². The average molecular weight is 498 g/mol. The van der Waals surface area contributed by atoms with E-state index < -0.39 is 9.84 Å². The van der Waals surface area contributed by atoms with E-state index in [1.54, 1.807) is 11.3 Å². The molecule has 142 valence electrons. The average Bonchev–Trinajstić information content (AvgIpc) is 3.16. The van der Waals surface area contributed by atoms with Crippen molar-refractivity contribution in [1.29, 1.82) is 0 Å². The lowest BCUT2D eigenvalue weighted by Crippen LogP contribution is -2.47. The summed E-state index contributed by atoms with van der Waals surface area (Å²) in [6, 6.07) is 0.346. The second kappa shape index (κ2) is 8.98. The first kappa shape index (κ1) is 20.9. The minimum atomic E-state index is -2.84. The minimum Gasteiger partial charge on any atom is -0.354 e. The fourth-order valence-corrected chi connectivity index (χ4v) is 5.77. The van der Waals surface area contributed by atoms with Crippen LogP contribution < -0.4 is 5.32 Å². The molecule has 0 spiro atoms. The van der Waals surface area contributed by atoms with Crippen LogP contribution >= 0.6 is 35.3 Å². The maximum Gasteiger partial charge on any atom is 0.194 e. The molecular weight excluding hydrogens is 471 g/mol. The molecule has 3 rings (SSSR count). The third-order valence-corrected chi connectivity index (χ3v) is 7.49. The quantitative estimate of drug-likeness (QED) is 0.392. The van der Waals surface area contributed by atoms with Crippen LogP contribution in [0.15, 0.2) is 10.5 Å². The Hall–Kier alpha value is -0.420. The molecule has 1 N–H and O–H groups in total. The van der Waals surface area contributed by atoms with E-state index in [1.165, 1.54) is 10.6 Å². The molecule has 0 aromatic carbocycles. The van der Waals surface area contributed by atoms with Crippen molar-refractivity contribution in [2.24, 2.45) is 10.9 Å². The number of hydrogen-bond acceptors (Lipinski definition) is 5. The number of thiazole rings is 1. The lowest BCUT2D eigenvalue weighted by atomic mass is 10.1. The van der Waals surface area contributed by atoms with Gasteiger partial charge in [-0.15, -0.1) is 35.3 Å². The van der Waals surface area contributed by atoms with Gasteiger partial charge in [-0.1, -0.05) is 6.92 Å². The van der Waals surface area contributed by atoms with Gasteiger partial charge < -0.3 is 10.2 Å². The Bertz CT molecular complexity index is 705. The summed E-state index contributed by atoms with van der Waals surface area (Å²) >= 11 is 1.70. The summed E-state index contributed by atoms with van der Waals surface area (Å²) in [5.74, 6) is 1.67. The van der Waals surface area contributed by atoms with Crippen molar-refractivity contribution >= 4 is 51.1 Å². The number of halogens is 1. The largest absolute Gasteiger partial charge is 0.354 e. The predicted octanol–water partition coefficient (Wildman–Crippen LogP) is 2.30. The van der Waals surface area contributed by atoms with Gasteiger partial charge in [0.2, 0.25) is 0 Å². The summed E-state index contributed by atoms with van der Waals surface area (Å²) in [7, 11) is -2.84. The predicted molar refractivity (Wildman–Crippen MR) is 114 cm³/mol. The first-order chi connectivity index (χ1) is 11.5. The van der Waals surface area contributed by atoms with Crippen LogP contribution in [-0.2, 0) is 22.8 Å². The summed E-state index contributed by atoms with van der Waals surface area (Å²) in [5, 5.41) is 3.51. The van der Waals surface area contributed by atoms with Gasteiger partial charge in [0.25, 0.3) is 0 Å². The van der Waals surface area contributed by atoms with Gasteiger partial charge >= 0.3 is 0 Å². The number of fused-ring (bicyclic) bond motifs is 1. The molecule has 0 aliphatic carbocycles. The first-order valence-corrected chi connectivity index (χ1v) is 11.3. The van der Waals surface area contributed by atoms with Gasteiger partial charge in [-0.05, 0) is 25.7 Å². The van der Waals surface area contributed by atoms with Gasteiger partial charge in [-0.25, -0.2) is 13.4 Å². The van der Waals surface area contributed by atoms with E-state index in [-0.39, 0.29) is 35.6 Å². The van der Waals surface area contributed by atoms with Crippen LogP contribution in [0.25, 0.3) is 0 Å². The van der Waals surface area contributed by atoms with Crippen LogP contribution in [0.4, 0.5) is 0 Å². The first-order valence-electron chi connectivity index (χ1n) is 8.64. The van der Waals surface area contributed by atoms with Gasteiger partial charge in [0.1, 0.15) is 0 Å². The molecule has 2 aliphatic rings. The third-order valence-electron chi connectivity index (χ3n) is 4.79. The highest BCUT2D eigenvalue weighted by molar-refractivity contribution is 14.0. The van der Waals surface area contributed by atoms with E-state index in [0.717, 1.165) is 38.3 Å². The molecule has 0 radical (unpaired) electrons. The molecule has 0 saturated carbocycles. The molecule has 6 nitrogen and oxygen atoms in total. The van der Waals surface area contributed by atoms with E-state index in [2.05, 4.69) is 29.0 Å². The highest BCUT2D eigenvalue weighted by atomic mass is 127. The smallest absolute Gasteiger partial charge is 0.194 e. The molecule has 0 bridgehead atoms. The van der Waals surface area contributed by atoms with E-state index in [9.17, 15) is 8.42 Å². The van der Waals surface area contributed by atoms with Gasteiger partial charge in [0, 0.05) is 30.4 Å². The van der Waals surface area contributed by atoms with Crippen molar-refractivity contribution in [3.05, 3.63) is 16.1 Å². The fourth-order valence-electron chi connectivity index (χ4n) is 3.09. The van der Waals surface area contributed by atoms with Crippen LogP contribution in [0.3, 0.4) is 0 Å². The van der Waals surface area contributed by atoms with Gasteiger partial charge in [0.15, 0.2) is 15.8 Å². The molecule has 9 heteroatoms.